The molecule has 13 heteroatoms. The second-order valence-electron chi connectivity index (χ2n) is 9.59. The van der Waals surface area contributed by atoms with E-state index in [2.05, 4.69) is 38.2 Å². The molecule has 2 aliphatic rings. The van der Waals surface area contributed by atoms with Crippen molar-refractivity contribution in [2.45, 2.75) is 57.3 Å². The van der Waals surface area contributed by atoms with E-state index in [1.54, 1.807) is 20.2 Å². The molecule has 0 aromatic carbocycles. The molecule has 2 aromatic rings. The summed E-state index contributed by atoms with van der Waals surface area (Å²) in [4.78, 5) is 62.0. The SMILES string of the molecule is C[C@H]1Cc2nc(C(=O)N[C@@H]3C[C@@H](C(=O)N(C)C)CC[C@@H]3NC(=O)C(=O)Nc3ccc(Cl)cn3)sc2CN1. The zero-order valence-electron chi connectivity index (χ0n) is 20.8. The first-order valence-corrected chi connectivity index (χ1v) is 13.3. The Bertz CT molecular complexity index is 1190. The van der Waals surface area contributed by atoms with E-state index >= 15 is 0 Å². The number of carbonyl (C=O) groups excluding carboxylic acids is 4. The molecule has 37 heavy (non-hydrogen) atoms. The van der Waals surface area contributed by atoms with E-state index in [4.69, 9.17) is 11.6 Å². The standard InChI is InChI=1S/C24H30ClN7O4S/c1-12-8-17-18(11-26-12)37-23(30-17)22(35)29-16-9-13(24(36)32(2)3)4-6-15(16)28-20(33)21(34)31-19-7-5-14(25)10-27-19/h5,7,10,12-13,15-16,26H,4,6,8-9,11H2,1-3H3,(H,28,33)(H,29,35)(H,27,31,34)/t12-,13-,15-,16+/m0/s1. The molecule has 1 saturated carbocycles. The third-order valence-corrected chi connectivity index (χ3v) is 7.85. The maximum Gasteiger partial charge on any atom is 0.314 e. The molecule has 2 aromatic heterocycles. The molecular weight excluding hydrogens is 518 g/mol. The van der Waals surface area contributed by atoms with Crippen molar-refractivity contribution in [3.05, 3.63) is 38.9 Å². The molecule has 4 amide bonds. The van der Waals surface area contributed by atoms with Crippen LogP contribution in [0.15, 0.2) is 18.3 Å². The van der Waals surface area contributed by atoms with E-state index in [-0.39, 0.29) is 29.6 Å². The topological polar surface area (TPSA) is 145 Å². The quantitative estimate of drug-likeness (QED) is 0.413. The Morgan fingerprint density at radius 3 is 2.59 bits per heavy atom. The molecule has 0 bridgehead atoms. The molecule has 4 atom stereocenters. The first kappa shape index (κ1) is 27.0. The van der Waals surface area contributed by atoms with Crippen LogP contribution in [0, 0.1) is 5.92 Å². The van der Waals surface area contributed by atoms with E-state index < -0.39 is 23.9 Å². The van der Waals surface area contributed by atoms with Gasteiger partial charge in [-0.05, 0) is 38.3 Å². The smallest absolute Gasteiger partial charge is 0.314 e. The summed E-state index contributed by atoms with van der Waals surface area (Å²) in [5.41, 5.74) is 0.919. The Morgan fingerprint density at radius 1 is 1.11 bits per heavy atom. The van der Waals surface area contributed by atoms with Gasteiger partial charge in [0.15, 0.2) is 5.01 Å². The van der Waals surface area contributed by atoms with Gasteiger partial charge in [0.25, 0.3) is 5.91 Å². The Morgan fingerprint density at radius 2 is 1.89 bits per heavy atom. The zero-order chi connectivity index (χ0) is 26.7. The molecule has 1 aliphatic heterocycles. The number of hydrogen-bond donors (Lipinski definition) is 4. The Balaban J connectivity index is 1.45. The summed E-state index contributed by atoms with van der Waals surface area (Å²) in [7, 11) is 3.38. The van der Waals surface area contributed by atoms with E-state index in [0.29, 0.717) is 35.8 Å². The van der Waals surface area contributed by atoms with Gasteiger partial charge in [0.05, 0.1) is 16.8 Å². The molecule has 1 fully saturated rings. The molecule has 0 unspecified atom stereocenters. The third-order valence-electron chi connectivity index (χ3n) is 6.53. The zero-order valence-corrected chi connectivity index (χ0v) is 22.4. The lowest BCUT2D eigenvalue weighted by atomic mass is 9.81. The Kier molecular flexibility index (Phi) is 8.40. The van der Waals surface area contributed by atoms with Gasteiger partial charge in [-0.2, -0.15) is 0 Å². The number of rotatable bonds is 5. The fourth-order valence-corrected chi connectivity index (χ4v) is 5.64. The van der Waals surface area contributed by atoms with Crippen molar-refractivity contribution in [1.29, 1.82) is 0 Å². The largest absolute Gasteiger partial charge is 0.349 e. The van der Waals surface area contributed by atoms with E-state index in [0.717, 1.165) is 17.0 Å². The summed E-state index contributed by atoms with van der Waals surface area (Å²) in [5.74, 6) is -2.27. The van der Waals surface area contributed by atoms with Crippen LogP contribution in [0.3, 0.4) is 0 Å². The fourth-order valence-electron chi connectivity index (χ4n) is 4.59. The molecule has 0 radical (unpaired) electrons. The van der Waals surface area contributed by atoms with E-state index in [1.807, 2.05) is 0 Å². The number of carbonyl (C=O) groups is 4. The van der Waals surface area contributed by atoms with Crippen LogP contribution in [-0.4, -0.2) is 70.7 Å². The summed E-state index contributed by atoms with van der Waals surface area (Å²) in [6.07, 6.45) is 3.37. The molecule has 1 aliphatic carbocycles. The highest BCUT2D eigenvalue weighted by atomic mass is 35.5. The van der Waals surface area contributed by atoms with Gasteiger partial charge in [-0.1, -0.05) is 11.6 Å². The molecule has 3 heterocycles. The molecule has 4 rings (SSSR count). The van der Waals surface area contributed by atoms with Crippen molar-refractivity contribution < 1.29 is 19.2 Å². The molecule has 4 N–H and O–H groups in total. The number of anilines is 1. The van der Waals surface area contributed by atoms with Gasteiger partial charge >= 0.3 is 11.8 Å². The lowest BCUT2D eigenvalue weighted by Gasteiger charge is -2.37. The lowest BCUT2D eigenvalue weighted by molar-refractivity contribution is -0.137. The van der Waals surface area contributed by atoms with Crippen molar-refractivity contribution in [2.24, 2.45) is 5.92 Å². The number of halogens is 1. The number of nitrogens with zero attached hydrogens (tertiary/aromatic N) is 3. The molecule has 0 saturated heterocycles. The lowest BCUT2D eigenvalue weighted by Crippen LogP contribution is -2.57. The van der Waals surface area contributed by atoms with Gasteiger partial charge < -0.3 is 26.2 Å². The number of nitrogens with one attached hydrogen (secondary N) is 4. The summed E-state index contributed by atoms with van der Waals surface area (Å²) < 4.78 is 0. The monoisotopic (exact) mass is 547 g/mol. The van der Waals surface area contributed by atoms with Crippen molar-refractivity contribution in [3.8, 4) is 0 Å². The van der Waals surface area contributed by atoms with Crippen LogP contribution in [0.4, 0.5) is 5.82 Å². The summed E-state index contributed by atoms with van der Waals surface area (Å²) in [6.45, 7) is 2.74. The summed E-state index contributed by atoms with van der Waals surface area (Å²) in [6, 6.07) is 2.22. The predicted molar refractivity (Wildman–Crippen MR) is 139 cm³/mol. The maximum atomic E-state index is 13.2. The molecule has 11 nitrogen and oxygen atoms in total. The number of fused-ring (bicyclic) bond motifs is 1. The highest BCUT2D eigenvalue weighted by Crippen LogP contribution is 2.28. The van der Waals surface area contributed by atoms with Crippen molar-refractivity contribution >= 4 is 52.4 Å². The fraction of sp³-hybridized carbons (Fsp3) is 0.500. The normalized spacial score (nSPS) is 22.9. The van der Waals surface area contributed by atoms with Crippen LogP contribution in [0.2, 0.25) is 5.02 Å². The molecular formula is C24H30ClN7O4S. The first-order valence-electron chi connectivity index (χ1n) is 12.1. The van der Waals surface area contributed by atoms with Crippen molar-refractivity contribution in [3.63, 3.8) is 0 Å². The minimum absolute atomic E-state index is 0.0413. The van der Waals surface area contributed by atoms with Gasteiger partial charge in [0.2, 0.25) is 5.91 Å². The van der Waals surface area contributed by atoms with Crippen LogP contribution in [0.1, 0.15) is 46.6 Å². The minimum atomic E-state index is -0.888. The minimum Gasteiger partial charge on any atom is -0.349 e. The van der Waals surface area contributed by atoms with Gasteiger partial charge in [-0.3, -0.25) is 19.2 Å². The molecule has 0 spiro atoms. The van der Waals surface area contributed by atoms with Crippen LogP contribution in [0.25, 0.3) is 0 Å². The van der Waals surface area contributed by atoms with Crippen molar-refractivity contribution in [1.82, 2.24) is 30.8 Å². The average molecular weight is 548 g/mol. The van der Waals surface area contributed by atoms with Crippen LogP contribution in [-0.2, 0) is 27.3 Å². The van der Waals surface area contributed by atoms with E-state index in [9.17, 15) is 19.2 Å². The van der Waals surface area contributed by atoms with Crippen LogP contribution >= 0.6 is 22.9 Å². The highest BCUT2D eigenvalue weighted by Gasteiger charge is 2.37. The van der Waals surface area contributed by atoms with Crippen molar-refractivity contribution in [2.75, 3.05) is 19.4 Å². The maximum absolute atomic E-state index is 13.2. The van der Waals surface area contributed by atoms with E-state index in [1.165, 1.54) is 28.5 Å². The first-order chi connectivity index (χ1) is 17.6. The Labute approximate surface area is 223 Å². The average Bonchev–Trinajstić information content (AvgIpc) is 3.29. The predicted octanol–water partition coefficient (Wildman–Crippen LogP) is 1.34. The number of thiazole rings is 1. The number of aromatic nitrogens is 2. The van der Waals surface area contributed by atoms with Crippen LogP contribution in [0.5, 0.6) is 0 Å². The second-order valence-corrected chi connectivity index (χ2v) is 11.1. The second kappa shape index (κ2) is 11.5. The number of hydrogen-bond acceptors (Lipinski definition) is 8. The summed E-state index contributed by atoms with van der Waals surface area (Å²) >= 11 is 7.15. The highest BCUT2D eigenvalue weighted by molar-refractivity contribution is 7.13. The van der Waals surface area contributed by atoms with Gasteiger partial charge in [0, 0.05) is 56.1 Å². The number of amides is 4. The van der Waals surface area contributed by atoms with Gasteiger partial charge in [-0.15, -0.1) is 11.3 Å². The van der Waals surface area contributed by atoms with Gasteiger partial charge in [-0.25, -0.2) is 9.97 Å². The number of pyridine rings is 1. The summed E-state index contributed by atoms with van der Waals surface area (Å²) in [5, 5.41) is 12.2. The third kappa shape index (κ3) is 6.62. The van der Waals surface area contributed by atoms with Gasteiger partial charge in [0.1, 0.15) is 5.82 Å². The van der Waals surface area contributed by atoms with Crippen LogP contribution < -0.4 is 21.3 Å². The Hall–Kier alpha value is -3.09. The molecule has 198 valence electrons.